The van der Waals surface area contributed by atoms with Gasteiger partial charge in [-0.1, -0.05) is 24.3 Å². The van der Waals surface area contributed by atoms with Crippen molar-refractivity contribution in [2.45, 2.75) is 32.4 Å². The van der Waals surface area contributed by atoms with Gasteiger partial charge in [0.1, 0.15) is 6.54 Å². The van der Waals surface area contributed by atoms with Gasteiger partial charge in [0, 0.05) is 24.8 Å². The predicted molar refractivity (Wildman–Crippen MR) is 111 cm³/mol. The number of hydrogen-bond donors (Lipinski definition) is 1. The number of aryl methyl sites for hydroxylation is 1. The van der Waals surface area contributed by atoms with Gasteiger partial charge < -0.3 is 10.2 Å². The zero-order chi connectivity index (χ0) is 19.5. The summed E-state index contributed by atoms with van der Waals surface area (Å²) in [6.07, 6.45) is 3.24. The van der Waals surface area contributed by atoms with E-state index in [2.05, 4.69) is 46.4 Å². The molecule has 144 valence electrons. The van der Waals surface area contributed by atoms with E-state index in [1.54, 1.807) is 18.2 Å². The van der Waals surface area contributed by atoms with Gasteiger partial charge in [-0.15, -0.1) is 0 Å². The molecule has 0 unspecified atom stereocenters. The van der Waals surface area contributed by atoms with Crippen LogP contribution in [0.2, 0.25) is 0 Å². The Balaban J connectivity index is 1.35. The number of fused-ring (bicyclic) bond motifs is 1. The standard InChI is InChI=1S/C22H24N4O2/c1-16-5-4-6-18(13-16)25-11-9-17(10-12-25)24-21(27)14-26-15-23-20-8-3-2-7-19(20)22(26)28/h2-8,13,15,17H,9-12,14H2,1H3,(H,24,27). The van der Waals surface area contributed by atoms with Crippen LogP contribution >= 0.6 is 0 Å². The molecule has 6 nitrogen and oxygen atoms in total. The van der Waals surface area contributed by atoms with Gasteiger partial charge >= 0.3 is 0 Å². The number of anilines is 1. The minimum atomic E-state index is -0.185. The Morgan fingerprint density at radius 1 is 1.14 bits per heavy atom. The molecule has 1 N–H and O–H groups in total. The van der Waals surface area contributed by atoms with Gasteiger partial charge in [0.2, 0.25) is 5.91 Å². The van der Waals surface area contributed by atoms with Crippen molar-refractivity contribution in [2.24, 2.45) is 0 Å². The second-order valence-corrected chi connectivity index (χ2v) is 7.36. The average molecular weight is 376 g/mol. The molecule has 6 heteroatoms. The topological polar surface area (TPSA) is 67.2 Å². The molecule has 1 aliphatic heterocycles. The van der Waals surface area contributed by atoms with E-state index in [0.717, 1.165) is 25.9 Å². The van der Waals surface area contributed by atoms with Crippen LogP contribution in [0.3, 0.4) is 0 Å². The second kappa shape index (κ2) is 7.84. The van der Waals surface area contributed by atoms with Gasteiger partial charge in [0.05, 0.1) is 17.2 Å². The molecule has 3 aromatic rings. The van der Waals surface area contributed by atoms with Crippen LogP contribution in [-0.4, -0.2) is 34.6 Å². The van der Waals surface area contributed by atoms with Crippen LogP contribution < -0.4 is 15.8 Å². The summed E-state index contributed by atoms with van der Waals surface area (Å²) in [6.45, 7) is 3.91. The predicted octanol–water partition coefficient (Wildman–Crippen LogP) is 2.49. The molecular formula is C22H24N4O2. The van der Waals surface area contributed by atoms with Gasteiger partial charge in [-0.2, -0.15) is 0 Å². The highest BCUT2D eigenvalue weighted by molar-refractivity contribution is 5.79. The van der Waals surface area contributed by atoms with Gasteiger partial charge in [-0.05, 0) is 49.6 Å². The average Bonchev–Trinajstić information content (AvgIpc) is 2.71. The summed E-state index contributed by atoms with van der Waals surface area (Å²) in [5.41, 5.74) is 2.95. The first-order chi connectivity index (χ1) is 13.6. The first-order valence-electron chi connectivity index (χ1n) is 9.65. The molecule has 1 aliphatic rings. The maximum absolute atomic E-state index is 12.5. The lowest BCUT2D eigenvalue weighted by molar-refractivity contribution is -0.122. The summed E-state index contributed by atoms with van der Waals surface area (Å²) in [5.74, 6) is -0.145. The second-order valence-electron chi connectivity index (χ2n) is 7.36. The third kappa shape index (κ3) is 3.91. The molecule has 0 radical (unpaired) electrons. The van der Waals surface area contributed by atoms with E-state index in [9.17, 15) is 9.59 Å². The molecule has 0 aliphatic carbocycles. The summed E-state index contributed by atoms with van der Waals surface area (Å²) < 4.78 is 1.37. The monoisotopic (exact) mass is 376 g/mol. The fraction of sp³-hybridized carbons (Fsp3) is 0.318. The lowest BCUT2D eigenvalue weighted by Crippen LogP contribution is -2.46. The molecule has 0 spiro atoms. The molecule has 2 heterocycles. The highest BCUT2D eigenvalue weighted by Gasteiger charge is 2.21. The number of aromatic nitrogens is 2. The van der Waals surface area contributed by atoms with Gasteiger partial charge in [-0.25, -0.2) is 4.98 Å². The number of benzene rings is 2. The van der Waals surface area contributed by atoms with Crippen molar-refractivity contribution in [2.75, 3.05) is 18.0 Å². The molecule has 1 amide bonds. The summed E-state index contributed by atoms with van der Waals surface area (Å²) in [7, 11) is 0. The third-order valence-corrected chi connectivity index (χ3v) is 5.27. The van der Waals surface area contributed by atoms with Gasteiger partial charge in [0.15, 0.2) is 0 Å². The summed E-state index contributed by atoms with van der Waals surface area (Å²) in [4.78, 5) is 31.6. The molecule has 1 aromatic heterocycles. The van der Waals surface area contributed by atoms with Crippen molar-refractivity contribution >= 4 is 22.5 Å². The molecule has 0 atom stereocenters. The van der Waals surface area contributed by atoms with Crippen molar-refractivity contribution in [3.8, 4) is 0 Å². The molecular weight excluding hydrogens is 352 g/mol. The lowest BCUT2D eigenvalue weighted by atomic mass is 10.0. The van der Waals surface area contributed by atoms with Crippen LogP contribution in [0.1, 0.15) is 18.4 Å². The Morgan fingerprint density at radius 3 is 2.71 bits per heavy atom. The van der Waals surface area contributed by atoms with Gasteiger partial charge in [-0.3, -0.25) is 14.2 Å². The van der Waals surface area contributed by atoms with Crippen molar-refractivity contribution in [1.82, 2.24) is 14.9 Å². The molecule has 28 heavy (non-hydrogen) atoms. The number of carbonyl (C=O) groups is 1. The van der Waals surface area contributed by atoms with E-state index in [0.29, 0.717) is 10.9 Å². The lowest BCUT2D eigenvalue weighted by Gasteiger charge is -2.34. The quantitative estimate of drug-likeness (QED) is 0.760. The van der Waals surface area contributed by atoms with E-state index in [4.69, 9.17) is 0 Å². The van der Waals surface area contributed by atoms with Crippen LogP contribution in [0.25, 0.3) is 10.9 Å². The maximum Gasteiger partial charge on any atom is 0.261 e. The van der Waals surface area contributed by atoms with Crippen LogP contribution in [0.4, 0.5) is 5.69 Å². The van der Waals surface area contributed by atoms with Crippen LogP contribution in [0.15, 0.2) is 59.7 Å². The zero-order valence-corrected chi connectivity index (χ0v) is 16.0. The number of amides is 1. The molecule has 0 saturated carbocycles. The largest absolute Gasteiger partial charge is 0.371 e. The number of nitrogens with one attached hydrogen (secondary N) is 1. The number of rotatable bonds is 4. The third-order valence-electron chi connectivity index (χ3n) is 5.27. The van der Waals surface area contributed by atoms with E-state index < -0.39 is 0 Å². The Morgan fingerprint density at radius 2 is 1.93 bits per heavy atom. The molecule has 2 aromatic carbocycles. The van der Waals surface area contributed by atoms with E-state index in [1.807, 2.05) is 6.07 Å². The Labute approximate surface area is 163 Å². The van der Waals surface area contributed by atoms with E-state index in [-0.39, 0.29) is 24.1 Å². The van der Waals surface area contributed by atoms with Gasteiger partial charge in [0.25, 0.3) is 5.56 Å². The van der Waals surface area contributed by atoms with Crippen molar-refractivity contribution in [3.63, 3.8) is 0 Å². The summed E-state index contributed by atoms with van der Waals surface area (Å²) in [5, 5.41) is 3.60. The molecule has 1 fully saturated rings. The van der Waals surface area contributed by atoms with Crippen molar-refractivity contribution in [1.29, 1.82) is 0 Å². The summed E-state index contributed by atoms with van der Waals surface area (Å²) in [6, 6.07) is 15.8. The normalized spacial score (nSPS) is 15.0. The first-order valence-corrected chi connectivity index (χ1v) is 9.65. The molecule has 1 saturated heterocycles. The first kappa shape index (κ1) is 18.2. The highest BCUT2D eigenvalue weighted by atomic mass is 16.2. The number of para-hydroxylation sites is 1. The SMILES string of the molecule is Cc1cccc(N2CCC(NC(=O)Cn3cnc4ccccc4c3=O)CC2)c1. The number of hydrogen-bond acceptors (Lipinski definition) is 4. The number of nitrogens with zero attached hydrogens (tertiary/aromatic N) is 3. The van der Waals surface area contributed by atoms with Crippen molar-refractivity contribution < 1.29 is 4.79 Å². The molecule has 4 rings (SSSR count). The minimum absolute atomic E-state index is 0.00520. The fourth-order valence-corrected chi connectivity index (χ4v) is 3.75. The Kier molecular flexibility index (Phi) is 5.10. The molecule has 0 bridgehead atoms. The Bertz CT molecular complexity index is 1050. The zero-order valence-electron chi connectivity index (χ0n) is 16.0. The van der Waals surface area contributed by atoms with Crippen molar-refractivity contribution in [3.05, 3.63) is 70.8 Å². The summed E-state index contributed by atoms with van der Waals surface area (Å²) >= 11 is 0. The van der Waals surface area contributed by atoms with Crippen LogP contribution in [-0.2, 0) is 11.3 Å². The fourth-order valence-electron chi connectivity index (χ4n) is 3.75. The van der Waals surface area contributed by atoms with E-state index >= 15 is 0 Å². The number of piperidine rings is 1. The van der Waals surface area contributed by atoms with Crippen LogP contribution in [0, 0.1) is 6.92 Å². The maximum atomic E-state index is 12.5. The smallest absolute Gasteiger partial charge is 0.261 e. The Hall–Kier alpha value is -3.15. The minimum Gasteiger partial charge on any atom is -0.371 e. The highest BCUT2D eigenvalue weighted by Crippen LogP contribution is 2.21. The van der Waals surface area contributed by atoms with E-state index in [1.165, 1.54) is 22.1 Å². The number of carbonyl (C=O) groups excluding carboxylic acids is 1. The van der Waals surface area contributed by atoms with Crippen LogP contribution in [0.5, 0.6) is 0 Å².